The lowest BCUT2D eigenvalue weighted by atomic mass is 10.1. The average Bonchev–Trinajstić information content (AvgIpc) is 2.28. The van der Waals surface area contributed by atoms with Gasteiger partial charge in [0.2, 0.25) is 0 Å². The molecule has 12 heavy (non-hydrogen) atoms. The number of imidazole rings is 1. The van der Waals surface area contributed by atoms with Crippen LogP contribution in [0.2, 0.25) is 0 Å². The number of fused-ring (bicyclic) bond motifs is 1. The zero-order valence-corrected chi connectivity index (χ0v) is 7.46. The molecule has 3 N–H and O–H groups in total. The largest absolute Gasteiger partial charge is 0.368 e. The average molecular weight is 166 g/mol. The van der Waals surface area contributed by atoms with Crippen LogP contribution < -0.4 is 11.1 Å². The molecule has 0 fully saturated rings. The minimum atomic E-state index is 0.215. The lowest BCUT2D eigenvalue weighted by molar-refractivity contribution is 0.663. The zero-order chi connectivity index (χ0) is 8.72. The highest BCUT2D eigenvalue weighted by atomic mass is 15.2. The van der Waals surface area contributed by atoms with Crippen molar-refractivity contribution in [3.63, 3.8) is 0 Å². The summed E-state index contributed by atoms with van der Waals surface area (Å²) < 4.78 is 2.07. The molecule has 0 saturated heterocycles. The Morgan fingerprint density at radius 1 is 1.67 bits per heavy atom. The van der Waals surface area contributed by atoms with E-state index < -0.39 is 0 Å². The van der Waals surface area contributed by atoms with Crippen LogP contribution in [0, 0.1) is 6.92 Å². The van der Waals surface area contributed by atoms with Crippen molar-refractivity contribution in [1.82, 2.24) is 9.55 Å². The number of aromatic nitrogens is 2. The second kappa shape index (κ2) is 2.48. The zero-order valence-electron chi connectivity index (χ0n) is 7.46. The van der Waals surface area contributed by atoms with E-state index in [2.05, 4.69) is 14.9 Å². The van der Waals surface area contributed by atoms with Gasteiger partial charge in [0.05, 0.1) is 5.69 Å². The molecule has 0 aliphatic carbocycles. The predicted octanol–water partition coefficient (Wildman–Crippen LogP) is 0.0238. The number of aryl methyl sites for hydroxylation is 1. The Bertz CT molecular complexity index is 302. The van der Waals surface area contributed by atoms with Crippen molar-refractivity contribution < 1.29 is 0 Å². The molecular formula is C8H14N4. The predicted molar refractivity (Wildman–Crippen MR) is 48.1 cm³/mol. The minimum Gasteiger partial charge on any atom is -0.368 e. The van der Waals surface area contributed by atoms with Crippen molar-refractivity contribution in [1.29, 1.82) is 0 Å². The van der Waals surface area contributed by atoms with E-state index in [1.54, 1.807) is 0 Å². The van der Waals surface area contributed by atoms with Gasteiger partial charge in [-0.2, -0.15) is 0 Å². The summed E-state index contributed by atoms with van der Waals surface area (Å²) in [6, 6.07) is 0.215. The molecule has 1 atom stereocenters. The van der Waals surface area contributed by atoms with E-state index in [-0.39, 0.29) is 6.04 Å². The molecule has 0 spiro atoms. The lowest BCUT2D eigenvalue weighted by Crippen LogP contribution is -2.35. The van der Waals surface area contributed by atoms with Gasteiger partial charge in [-0.05, 0) is 6.92 Å². The number of hydrogen-bond donors (Lipinski definition) is 2. The van der Waals surface area contributed by atoms with Gasteiger partial charge >= 0.3 is 0 Å². The summed E-state index contributed by atoms with van der Waals surface area (Å²) in [5.41, 5.74) is 6.90. The van der Waals surface area contributed by atoms with Gasteiger partial charge in [0.15, 0.2) is 0 Å². The number of nitrogens with one attached hydrogen (secondary N) is 1. The Hall–Kier alpha value is -1.03. The number of hydrogen-bond acceptors (Lipinski definition) is 3. The Kier molecular flexibility index (Phi) is 1.58. The first kappa shape index (κ1) is 7.61. The van der Waals surface area contributed by atoms with Crippen LogP contribution in [-0.2, 0) is 13.5 Å². The molecule has 0 radical (unpaired) electrons. The van der Waals surface area contributed by atoms with Gasteiger partial charge in [-0.3, -0.25) is 0 Å². The maximum Gasteiger partial charge on any atom is 0.129 e. The monoisotopic (exact) mass is 166 g/mol. The van der Waals surface area contributed by atoms with Gasteiger partial charge in [-0.25, -0.2) is 4.98 Å². The fraction of sp³-hybridized carbons (Fsp3) is 0.625. The first-order valence-electron chi connectivity index (χ1n) is 4.20. The molecule has 2 heterocycles. The van der Waals surface area contributed by atoms with E-state index in [0.29, 0.717) is 0 Å². The Labute approximate surface area is 71.8 Å². The molecule has 0 bridgehead atoms. The van der Waals surface area contributed by atoms with Crippen molar-refractivity contribution in [3.8, 4) is 0 Å². The molecule has 1 aromatic rings. The number of rotatable bonds is 0. The topological polar surface area (TPSA) is 55.9 Å². The summed E-state index contributed by atoms with van der Waals surface area (Å²) in [6.45, 7) is 2.86. The third-order valence-corrected chi connectivity index (χ3v) is 2.38. The van der Waals surface area contributed by atoms with E-state index in [1.807, 2.05) is 14.0 Å². The van der Waals surface area contributed by atoms with Crippen molar-refractivity contribution in [2.24, 2.45) is 12.8 Å². The summed E-state index contributed by atoms with van der Waals surface area (Å²) in [5, 5.41) is 3.28. The van der Waals surface area contributed by atoms with Crippen LogP contribution in [0.4, 0.5) is 5.82 Å². The summed E-state index contributed by atoms with van der Waals surface area (Å²) in [5.74, 6) is 2.18. The lowest BCUT2D eigenvalue weighted by Gasteiger charge is -2.20. The Morgan fingerprint density at radius 2 is 2.42 bits per heavy atom. The normalized spacial score (nSPS) is 21.8. The van der Waals surface area contributed by atoms with Gasteiger partial charge in [-0.15, -0.1) is 0 Å². The highest BCUT2D eigenvalue weighted by Crippen LogP contribution is 2.20. The smallest absolute Gasteiger partial charge is 0.129 e. The third kappa shape index (κ3) is 0.992. The molecule has 1 aromatic heterocycles. The fourth-order valence-electron chi connectivity index (χ4n) is 1.59. The molecule has 66 valence electrons. The maximum atomic E-state index is 5.80. The highest BCUT2D eigenvalue weighted by molar-refractivity contribution is 5.46. The molecule has 0 aromatic carbocycles. The molecule has 1 unspecified atom stereocenters. The molecule has 0 amide bonds. The minimum absolute atomic E-state index is 0.215. The van der Waals surface area contributed by atoms with Gasteiger partial charge in [-0.1, -0.05) is 0 Å². The number of nitrogens with zero attached hydrogens (tertiary/aromatic N) is 2. The molecule has 4 nitrogen and oxygen atoms in total. The molecule has 0 saturated carbocycles. The Balaban J connectivity index is 2.43. The molecule has 1 aliphatic rings. The van der Waals surface area contributed by atoms with E-state index in [9.17, 15) is 0 Å². The van der Waals surface area contributed by atoms with Crippen LogP contribution in [0.1, 0.15) is 11.5 Å². The van der Waals surface area contributed by atoms with Crippen molar-refractivity contribution in [3.05, 3.63) is 11.5 Å². The first-order chi connectivity index (χ1) is 5.68. The van der Waals surface area contributed by atoms with Crippen LogP contribution in [0.15, 0.2) is 0 Å². The summed E-state index contributed by atoms with van der Waals surface area (Å²) >= 11 is 0. The molecule has 1 aliphatic heterocycles. The van der Waals surface area contributed by atoms with Crippen LogP contribution in [0.5, 0.6) is 0 Å². The SMILES string of the molecule is Cc1nc2c(n1C)NCC(N)C2. The number of nitrogens with two attached hydrogens (primary N) is 1. The second-order valence-electron chi connectivity index (χ2n) is 3.36. The van der Waals surface area contributed by atoms with Crippen LogP contribution in [-0.4, -0.2) is 22.1 Å². The van der Waals surface area contributed by atoms with Gasteiger partial charge in [0.25, 0.3) is 0 Å². The van der Waals surface area contributed by atoms with Crippen molar-refractivity contribution in [2.45, 2.75) is 19.4 Å². The summed E-state index contributed by atoms with van der Waals surface area (Å²) in [4.78, 5) is 4.42. The quantitative estimate of drug-likeness (QED) is 0.571. The summed E-state index contributed by atoms with van der Waals surface area (Å²) in [6.07, 6.45) is 0.893. The van der Waals surface area contributed by atoms with E-state index in [1.165, 1.54) is 0 Å². The van der Waals surface area contributed by atoms with E-state index in [0.717, 1.165) is 30.3 Å². The van der Waals surface area contributed by atoms with E-state index in [4.69, 9.17) is 5.73 Å². The summed E-state index contributed by atoms with van der Waals surface area (Å²) in [7, 11) is 2.02. The second-order valence-corrected chi connectivity index (χ2v) is 3.36. The van der Waals surface area contributed by atoms with Crippen molar-refractivity contribution in [2.75, 3.05) is 11.9 Å². The van der Waals surface area contributed by atoms with Crippen LogP contribution >= 0.6 is 0 Å². The van der Waals surface area contributed by atoms with Crippen LogP contribution in [0.3, 0.4) is 0 Å². The van der Waals surface area contributed by atoms with Crippen molar-refractivity contribution >= 4 is 5.82 Å². The van der Waals surface area contributed by atoms with Gasteiger partial charge in [0, 0.05) is 26.1 Å². The first-order valence-corrected chi connectivity index (χ1v) is 4.20. The van der Waals surface area contributed by atoms with Gasteiger partial charge in [0.1, 0.15) is 11.6 Å². The van der Waals surface area contributed by atoms with Gasteiger partial charge < -0.3 is 15.6 Å². The fourth-order valence-corrected chi connectivity index (χ4v) is 1.59. The van der Waals surface area contributed by atoms with E-state index >= 15 is 0 Å². The third-order valence-electron chi connectivity index (χ3n) is 2.38. The highest BCUT2D eigenvalue weighted by Gasteiger charge is 2.19. The number of anilines is 1. The maximum absolute atomic E-state index is 5.80. The molecular weight excluding hydrogens is 152 g/mol. The van der Waals surface area contributed by atoms with Crippen LogP contribution in [0.25, 0.3) is 0 Å². The Morgan fingerprint density at radius 3 is 3.17 bits per heavy atom. The standard InChI is InChI=1S/C8H14N4/c1-5-11-7-3-6(9)4-10-8(7)12(5)2/h6,10H,3-4,9H2,1-2H3. The molecule has 2 rings (SSSR count). The molecule has 4 heteroatoms.